The Balaban J connectivity index is 2.13. The molecule has 0 spiro atoms. The van der Waals surface area contributed by atoms with Gasteiger partial charge in [-0.3, -0.25) is 0 Å². The van der Waals surface area contributed by atoms with Crippen LogP contribution in [0.4, 0.5) is 0 Å². The molecule has 0 atom stereocenters. The van der Waals surface area contributed by atoms with Crippen LogP contribution < -0.4 is 0 Å². The summed E-state index contributed by atoms with van der Waals surface area (Å²) in [5.74, 6) is -0.216. The molecule has 1 aliphatic heterocycles. The molecule has 0 radical (unpaired) electrons. The first kappa shape index (κ1) is 12.5. The van der Waals surface area contributed by atoms with Crippen LogP contribution in [0, 0.1) is 0 Å². The number of ether oxygens (including phenoxy) is 2. The zero-order valence-electron chi connectivity index (χ0n) is 9.50. The van der Waals surface area contributed by atoms with Crippen LogP contribution in [0.25, 0.3) is 0 Å². The molecule has 0 aromatic carbocycles. The molecule has 0 unspecified atom stereocenters. The summed E-state index contributed by atoms with van der Waals surface area (Å²) in [4.78, 5) is 11.1. The van der Waals surface area contributed by atoms with Gasteiger partial charge in [0.1, 0.15) is 6.61 Å². The van der Waals surface area contributed by atoms with Crippen molar-refractivity contribution in [2.45, 2.75) is 51.4 Å². The first-order valence-electron chi connectivity index (χ1n) is 6.13. The Morgan fingerprint density at radius 3 is 1.93 bits per heavy atom. The van der Waals surface area contributed by atoms with Crippen molar-refractivity contribution in [2.75, 3.05) is 19.8 Å². The number of esters is 1. The third-order valence-electron chi connectivity index (χ3n) is 2.67. The fourth-order valence-corrected chi connectivity index (χ4v) is 1.75. The second-order valence-corrected chi connectivity index (χ2v) is 4.10. The minimum atomic E-state index is -0.216. The van der Waals surface area contributed by atoms with Gasteiger partial charge in [-0.1, -0.05) is 38.5 Å². The van der Waals surface area contributed by atoms with Gasteiger partial charge in [0.05, 0.1) is 6.61 Å². The monoisotopic (exact) mass is 214 g/mol. The fraction of sp³-hybridized carbons (Fsp3) is 0.917. The maximum atomic E-state index is 11.1. The Morgan fingerprint density at radius 2 is 1.27 bits per heavy atom. The second kappa shape index (κ2) is 8.72. The summed E-state index contributed by atoms with van der Waals surface area (Å²) in [7, 11) is 0. The zero-order valence-corrected chi connectivity index (χ0v) is 9.50. The molecule has 1 heterocycles. The van der Waals surface area contributed by atoms with Gasteiger partial charge in [0.15, 0.2) is 0 Å². The molecule has 0 saturated carbocycles. The van der Waals surface area contributed by atoms with E-state index in [4.69, 9.17) is 9.47 Å². The molecule has 1 fully saturated rings. The molecule has 88 valence electrons. The highest BCUT2D eigenvalue weighted by Crippen LogP contribution is 2.09. The van der Waals surface area contributed by atoms with E-state index in [1.54, 1.807) is 0 Å². The maximum Gasteiger partial charge on any atom is 0.332 e. The second-order valence-electron chi connectivity index (χ2n) is 4.10. The van der Waals surface area contributed by atoms with E-state index in [0.29, 0.717) is 13.2 Å². The predicted octanol–water partition coefficient (Wildman–Crippen LogP) is 2.68. The summed E-state index contributed by atoms with van der Waals surface area (Å²) in [5.41, 5.74) is 0. The highest BCUT2D eigenvalue weighted by atomic mass is 16.6. The third kappa shape index (κ3) is 7.37. The summed E-state index contributed by atoms with van der Waals surface area (Å²) in [6.45, 7) is 1.37. The number of cyclic esters (lactones) is 1. The van der Waals surface area contributed by atoms with Crippen molar-refractivity contribution in [2.24, 2.45) is 0 Å². The lowest BCUT2D eigenvalue weighted by molar-refractivity contribution is -0.149. The Bertz CT molecular complexity index is 152. The average Bonchev–Trinajstić information content (AvgIpc) is 2.24. The lowest BCUT2D eigenvalue weighted by Crippen LogP contribution is -2.14. The molecule has 15 heavy (non-hydrogen) atoms. The van der Waals surface area contributed by atoms with Crippen LogP contribution in [0.1, 0.15) is 51.4 Å². The molecule has 0 aliphatic carbocycles. The molecule has 0 amide bonds. The van der Waals surface area contributed by atoms with E-state index in [2.05, 4.69) is 0 Å². The molecular formula is C12H22O3. The summed E-state index contributed by atoms with van der Waals surface area (Å²) in [5, 5.41) is 0. The average molecular weight is 214 g/mol. The van der Waals surface area contributed by atoms with Crippen molar-refractivity contribution >= 4 is 5.97 Å². The molecule has 1 aliphatic rings. The minimum Gasteiger partial charge on any atom is -0.464 e. The Morgan fingerprint density at radius 1 is 0.733 bits per heavy atom. The number of carbonyl (C=O) groups excluding carboxylic acids is 1. The van der Waals surface area contributed by atoms with Crippen LogP contribution in [0.2, 0.25) is 0 Å². The molecule has 1 saturated heterocycles. The summed E-state index contributed by atoms with van der Waals surface area (Å²) in [6, 6.07) is 0. The molecule has 1 rings (SSSR count). The quantitative estimate of drug-likeness (QED) is 0.582. The van der Waals surface area contributed by atoms with E-state index in [-0.39, 0.29) is 12.6 Å². The zero-order chi connectivity index (χ0) is 10.8. The summed E-state index contributed by atoms with van der Waals surface area (Å²) >= 11 is 0. The Kier molecular flexibility index (Phi) is 7.26. The highest BCUT2D eigenvalue weighted by Gasteiger charge is 2.03. The number of carbonyl (C=O) groups is 1. The lowest BCUT2D eigenvalue weighted by atomic mass is 10.1. The molecule has 0 N–H and O–H groups in total. The molecule has 3 heteroatoms. The van der Waals surface area contributed by atoms with E-state index in [9.17, 15) is 4.79 Å². The van der Waals surface area contributed by atoms with Crippen LogP contribution in [0.3, 0.4) is 0 Å². The van der Waals surface area contributed by atoms with E-state index >= 15 is 0 Å². The largest absolute Gasteiger partial charge is 0.464 e. The van der Waals surface area contributed by atoms with Crippen molar-refractivity contribution in [1.29, 1.82) is 0 Å². The number of hydrogen-bond acceptors (Lipinski definition) is 3. The molecule has 3 nitrogen and oxygen atoms in total. The van der Waals surface area contributed by atoms with E-state index < -0.39 is 0 Å². The number of hydrogen-bond donors (Lipinski definition) is 0. The van der Waals surface area contributed by atoms with Crippen molar-refractivity contribution in [1.82, 2.24) is 0 Å². The molecular weight excluding hydrogens is 192 g/mol. The minimum absolute atomic E-state index is 0.125. The van der Waals surface area contributed by atoms with Crippen LogP contribution in [0.15, 0.2) is 0 Å². The first-order valence-corrected chi connectivity index (χ1v) is 6.13. The maximum absolute atomic E-state index is 11.1. The van der Waals surface area contributed by atoms with Crippen LogP contribution >= 0.6 is 0 Å². The van der Waals surface area contributed by atoms with Crippen molar-refractivity contribution in [3.8, 4) is 0 Å². The van der Waals surface area contributed by atoms with E-state index in [1.165, 1.54) is 38.5 Å². The smallest absolute Gasteiger partial charge is 0.332 e. The van der Waals surface area contributed by atoms with Crippen LogP contribution in [0.5, 0.6) is 0 Å². The van der Waals surface area contributed by atoms with Crippen LogP contribution in [-0.4, -0.2) is 25.8 Å². The van der Waals surface area contributed by atoms with Crippen molar-refractivity contribution in [3.63, 3.8) is 0 Å². The van der Waals surface area contributed by atoms with Gasteiger partial charge in [-0.05, 0) is 12.8 Å². The van der Waals surface area contributed by atoms with Crippen molar-refractivity contribution in [3.05, 3.63) is 0 Å². The standard InChI is InChI=1S/C12H22O3/c13-12-11-14-9-7-5-3-1-2-4-6-8-10-15-12/h1-11H2. The molecule has 0 aromatic heterocycles. The fourth-order valence-electron chi connectivity index (χ4n) is 1.75. The van der Waals surface area contributed by atoms with Crippen molar-refractivity contribution < 1.29 is 14.3 Å². The highest BCUT2D eigenvalue weighted by molar-refractivity contribution is 5.70. The first-order chi connectivity index (χ1) is 7.39. The number of rotatable bonds is 0. The van der Waals surface area contributed by atoms with Gasteiger partial charge < -0.3 is 9.47 Å². The van der Waals surface area contributed by atoms with Gasteiger partial charge in [0.2, 0.25) is 0 Å². The summed E-state index contributed by atoms with van der Waals surface area (Å²) in [6.07, 6.45) is 9.67. The van der Waals surface area contributed by atoms with Gasteiger partial charge in [-0.25, -0.2) is 4.79 Å². The third-order valence-corrected chi connectivity index (χ3v) is 2.67. The van der Waals surface area contributed by atoms with Gasteiger partial charge in [0, 0.05) is 6.61 Å². The summed E-state index contributed by atoms with van der Waals surface area (Å²) < 4.78 is 10.2. The predicted molar refractivity (Wildman–Crippen MR) is 58.7 cm³/mol. The van der Waals surface area contributed by atoms with Gasteiger partial charge >= 0.3 is 5.97 Å². The molecule has 0 aromatic rings. The Labute approximate surface area is 92.1 Å². The van der Waals surface area contributed by atoms with E-state index in [1.807, 2.05) is 0 Å². The van der Waals surface area contributed by atoms with Gasteiger partial charge in [-0.15, -0.1) is 0 Å². The lowest BCUT2D eigenvalue weighted by Gasteiger charge is -2.07. The van der Waals surface area contributed by atoms with Gasteiger partial charge in [-0.2, -0.15) is 0 Å². The SMILES string of the molecule is O=C1COCCCCCCCCCCO1. The topological polar surface area (TPSA) is 35.5 Å². The van der Waals surface area contributed by atoms with E-state index in [0.717, 1.165) is 12.8 Å². The Hall–Kier alpha value is -0.570. The normalized spacial score (nSPS) is 22.8. The van der Waals surface area contributed by atoms with Gasteiger partial charge in [0.25, 0.3) is 0 Å². The van der Waals surface area contributed by atoms with Crippen LogP contribution in [-0.2, 0) is 14.3 Å². The molecule has 0 bridgehead atoms.